The van der Waals surface area contributed by atoms with Crippen LogP contribution in [-0.4, -0.2) is 4.98 Å². The third kappa shape index (κ3) is 0.432. The third-order valence-electron chi connectivity index (χ3n) is 0.622. The van der Waals surface area contributed by atoms with Crippen molar-refractivity contribution in [3.05, 3.63) is 30.9 Å². The van der Waals surface area contributed by atoms with Gasteiger partial charge in [0.15, 0.2) is 0 Å². The fourth-order valence-corrected chi connectivity index (χ4v) is 0.337. The first kappa shape index (κ1) is 3.47. The molecular formula is C5H5N. The van der Waals surface area contributed by atoms with Gasteiger partial charge >= 0.3 is 0 Å². The van der Waals surface area contributed by atoms with Gasteiger partial charge in [0, 0.05) is 19.3 Å². The van der Waals surface area contributed by atoms with E-state index in [1.807, 2.05) is 0 Å². The highest BCUT2D eigenvalue weighted by Gasteiger charge is 1.73. The van der Waals surface area contributed by atoms with Crippen LogP contribution in [0, 0.1) is 6.92 Å². The van der Waals surface area contributed by atoms with Gasteiger partial charge in [0.1, 0.15) is 0 Å². The molecule has 0 atom stereocenters. The van der Waals surface area contributed by atoms with Crippen molar-refractivity contribution in [2.75, 3.05) is 0 Å². The standard InChI is InChI=1S/C5H5N/c1-5-2-3-6-4-5/h1-4,6H. The van der Waals surface area contributed by atoms with Crippen LogP contribution in [0.4, 0.5) is 0 Å². The molecule has 0 saturated carbocycles. The Hall–Kier alpha value is -0.720. The molecule has 30 valence electrons. The number of aromatic nitrogens is 1. The average molecular weight is 79.1 g/mol. The first-order valence-electron chi connectivity index (χ1n) is 1.78. The maximum atomic E-state index is 5.25. The molecule has 1 aromatic rings. The number of rotatable bonds is 0. The second-order valence-corrected chi connectivity index (χ2v) is 1.14. The molecule has 0 fully saturated rings. The molecule has 0 aliphatic heterocycles. The summed E-state index contributed by atoms with van der Waals surface area (Å²) in [5.74, 6) is 0. The molecule has 0 unspecified atom stereocenters. The lowest BCUT2D eigenvalue weighted by Crippen LogP contribution is -1.50. The summed E-state index contributed by atoms with van der Waals surface area (Å²) in [4.78, 5) is 2.80. The largest absolute Gasteiger partial charge is 0.367 e. The van der Waals surface area contributed by atoms with Gasteiger partial charge in [-0.05, 0) is 11.6 Å². The van der Waals surface area contributed by atoms with Gasteiger partial charge in [-0.15, -0.1) is 0 Å². The van der Waals surface area contributed by atoms with Gasteiger partial charge in [-0.3, -0.25) is 0 Å². The molecule has 2 radical (unpaired) electrons. The van der Waals surface area contributed by atoms with E-state index >= 15 is 0 Å². The quantitative estimate of drug-likeness (QED) is 0.479. The lowest BCUT2D eigenvalue weighted by Gasteiger charge is -1.64. The van der Waals surface area contributed by atoms with E-state index in [9.17, 15) is 0 Å². The van der Waals surface area contributed by atoms with Crippen molar-refractivity contribution in [1.82, 2.24) is 4.98 Å². The van der Waals surface area contributed by atoms with Gasteiger partial charge in [-0.25, -0.2) is 0 Å². The van der Waals surface area contributed by atoms with E-state index in [4.69, 9.17) is 6.92 Å². The molecule has 1 aromatic heterocycles. The van der Waals surface area contributed by atoms with Crippen LogP contribution in [0.5, 0.6) is 0 Å². The number of nitrogens with one attached hydrogen (secondary N) is 1. The fourth-order valence-electron chi connectivity index (χ4n) is 0.337. The molecular weight excluding hydrogens is 74.1 g/mol. The zero-order valence-electron chi connectivity index (χ0n) is 3.31. The lowest BCUT2D eigenvalue weighted by molar-refractivity contribution is 1.41. The van der Waals surface area contributed by atoms with Crippen LogP contribution < -0.4 is 0 Å². The molecule has 0 saturated heterocycles. The van der Waals surface area contributed by atoms with Gasteiger partial charge in [0.25, 0.3) is 0 Å². The summed E-state index contributed by atoms with van der Waals surface area (Å²) in [5, 5.41) is 0. The molecule has 1 rings (SSSR count). The summed E-state index contributed by atoms with van der Waals surface area (Å²) in [5.41, 5.74) is 0.787. The SMILES string of the molecule is [CH]c1cc[nH]c1. The smallest absolute Gasteiger partial charge is 0.00406 e. The summed E-state index contributed by atoms with van der Waals surface area (Å²) in [6.45, 7) is 5.25. The molecule has 1 nitrogen and oxygen atoms in total. The minimum Gasteiger partial charge on any atom is -0.367 e. The van der Waals surface area contributed by atoms with Gasteiger partial charge in [-0.2, -0.15) is 0 Å². The van der Waals surface area contributed by atoms with E-state index in [1.54, 1.807) is 18.5 Å². The highest BCUT2D eigenvalue weighted by molar-refractivity contribution is 5.10. The third-order valence-corrected chi connectivity index (χ3v) is 0.622. The fraction of sp³-hybridized carbons (Fsp3) is 0. The van der Waals surface area contributed by atoms with Crippen LogP contribution in [0.3, 0.4) is 0 Å². The first-order chi connectivity index (χ1) is 2.89. The first-order valence-corrected chi connectivity index (χ1v) is 1.78. The maximum Gasteiger partial charge on any atom is 0.00406 e. The molecule has 1 N–H and O–H groups in total. The second kappa shape index (κ2) is 1.17. The number of hydrogen-bond acceptors (Lipinski definition) is 0. The Morgan fingerprint density at radius 1 is 1.67 bits per heavy atom. The van der Waals surface area contributed by atoms with E-state index in [1.165, 1.54) is 0 Å². The van der Waals surface area contributed by atoms with E-state index in [0.29, 0.717) is 0 Å². The Morgan fingerprint density at radius 2 is 2.50 bits per heavy atom. The van der Waals surface area contributed by atoms with Gasteiger partial charge in [0.2, 0.25) is 0 Å². The van der Waals surface area contributed by atoms with Crippen molar-refractivity contribution < 1.29 is 0 Å². The molecule has 1 heterocycles. The van der Waals surface area contributed by atoms with Crippen LogP contribution in [0.25, 0.3) is 0 Å². The Morgan fingerprint density at radius 3 is 2.67 bits per heavy atom. The zero-order chi connectivity index (χ0) is 4.41. The molecule has 6 heavy (non-hydrogen) atoms. The van der Waals surface area contributed by atoms with Crippen LogP contribution in [0.15, 0.2) is 18.5 Å². The van der Waals surface area contributed by atoms with Crippen LogP contribution >= 0.6 is 0 Å². The van der Waals surface area contributed by atoms with Crippen molar-refractivity contribution in [3.8, 4) is 0 Å². The van der Waals surface area contributed by atoms with Crippen molar-refractivity contribution in [2.45, 2.75) is 0 Å². The van der Waals surface area contributed by atoms with Crippen LogP contribution in [-0.2, 0) is 0 Å². The molecule has 1 heteroatoms. The minimum absolute atomic E-state index is 0.787. The second-order valence-electron chi connectivity index (χ2n) is 1.14. The van der Waals surface area contributed by atoms with Crippen molar-refractivity contribution >= 4 is 0 Å². The monoisotopic (exact) mass is 79.0 g/mol. The molecule has 0 aliphatic rings. The van der Waals surface area contributed by atoms with E-state index in [2.05, 4.69) is 4.98 Å². The normalized spacial score (nSPS) is 8.83. The summed E-state index contributed by atoms with van der Waals surface area (Å²) in [6, 6.07) is 1.81. The van der Waals surface area contributed by atoms with E-state index in [-0.39, 0.29) is 0 Å². The maximum absolute atomic E-state index is 5.25. The molecule has 0 bridgehead atoms. The van der Waals surface area contributed by atoms with Gasteiger partial charge in [-0.1, -0.05) is 0 Å². The van der Waals surface area contributed by atoms with Gasteiger partial charge in [0.05, 0.1) is 0 Å². The topological polar surface area (TPSA) is 15.8 Å². The Kier molecular flexibility index (Phi) is 0.675. The van der Waals surface area contributed by atoms with Crippen molar-refractivity contribution in [2.24, 2.45) is 0 Å². The molecule has 0 aliphatic carbocycles. The average Bonchev–Trinajstić information content (AvgIpc) is 1.86. The predicted molar refractivity (Wildman–Crippen MR) is 24.2 cm³/mol. The van der Waals surface area contributed by atoms with E-state index < -0.39 is 0 Å². The molecule has 0 spiro atoms. The number of hydrogen-bond donors (Lipinski definition) is 1. The molecule has 0 aromatic carbocycles. The van der Waals surface area contributed by atoms with Gasteiger partial charge < -0.3 is 4.98 Å². The Balaban J connectivity index is 3.05. The summed E-state index contributed by atoms with van der Waals surface area (Å²) in [7, 11) is 0. The number of aromatic amines is 1. The summed E-state index contributed by atoms with van der Waals surface area (Å²) >= 11 is 0. The van der Waals surface area contributed by atoms with E-state index in [0.717, 1.165) is 5.56 Å². The van der Waals surface area contributed by atoms with Crippen molar-refractivity contribution in [1.29, 1.82) is 0 Å². The Bertz CT molecular complexity index is 107. The zero-order valence-corrected chi connectivity index (χ0v) is 3.31. The predicted octanol–water partition coefficient (Wildman–Crippen LogP) is 1.07. The minimum atomic E-state index is 0.787. The van der Waals surface area contributed by atoms with Crippen LogP contribution in [0.2, 0.25) is 0 Å². The van der Waals surface area contributed by atoms with Crippen LogP contribution in [0.1, 0.15) is 5.56 Å². The Labute approximate surface area is 37.0 Å². The molecule has 0 amide bonds. The summed E-state index contributed by atoms with van der Waals surface area (Å²) in [6.07, 6.45) is 3.52. The highest BCUT2D eigenvalue weighted by atomic mass is 14.6. The van der Waals surface area contributed by atoms with Crippen molar-refractivity contribution in [3.63, 3.8) is 0 Å². The number of H-pyrrole nitrogens is 1. The lowest BCUT2D eigenvalue weighted by atomic mass is 10.4. The highest BCUT2D eigenvalue weighted by Crippen LogP contribution is 1.88. The summed E-state index contributed by atoms with van der Waals surface area (Å²) < 4.78 is 0.